The number of carbonyl (C=O) groups is 2. The summed E-state index contributed by atoms with van der Waals surface area (Å²) in [7, 11) is 0. The average molecular weight is 856 g/mol. The van der Waals surface area contributed by atoms with Crippen LogP contribution >= 0.6 is 0 Å². The van der Waals surface area contributed by atoms with E-state index in [1.807, 2.05) is 36.5 Å². The topological polar surface area (TPSA) is 95.9 Å². The Labute approximate surface area is 378 Å². The fourth-order valence-corrected chi connectivity index (χ4v) is 8.04. The SMILES string of the molecule is CC/C=C/C=C/C=C\C=C/CCCC(CC(=O)NC(CO)C(O)CCCCCCCCCCCCCCCC)OC(=O)CCCCCCCCCCCCCCCCCCC. The summed E-state index contributed by atoms with van der Waals surface area (Å²) in [4.78, 5) is 26.1. The Morgan fingerprint density at radius 1 is 0.492 bits per heavy atom. The zero-order chi connectivity index (χ0) is 44.5. The van der Waals surface area contributed by atoms with Crippen LogP contribution in [0.3, 0.4) is 0 Å². The van der Waals surface area contributed by atoms with Gasteiger partial charge in [-0.1, -0.05) is 262 Å². The maximum absolute atomic E-state index is 13.2. The number of allylic oxidation sites excluding steroid dienone is 8. The van der Waals surface area contributed by atoms with E-state index in [0.29, 0.717) is 19.3 Å². The fraction of sp³-hybridized carbons (Fsp3) is 0.818. The van der Waals surface area contributed by atoms with Crippen molar-refractivity contribution in [3.8, 4) is 0 Å². The summed E-state index contributed by atoms with van der Waals surface area (Å²) < 4.78 is 5.90. The second-order valence-corrected chi connectivity index (χ2v) is 18.0. The van der Waals surface area contributed by atoms with Crippen LogP contribution in [0.4, 0.5) is 0 Å². The summed E-state index contributed by atoms with van der Waals surface area (Å²) in [6.45, 7) is 6.34. The van der Waals surface area contributed by atoms with Gasteiger partial charge >= 0.3 is 5.97 Å². The lowest BCUT2D eigenvalue weighted by Crippen LogP contribution is -2.46. The van der Waals surface area contributed by atoms with Crippen molar-refractivity contribution in [2.24, 2.45) is 0 Å². The lowest BCUT2D eigenvalue weighted by molar-refractivity contribution is -0.151. The number of carbonyl (C=O) groups excluding carboxylic acids is 2. The number of amides is 1. The summed E-state index contributed by atoms with van der Waals surface area (Å²) in [5.74, 6) is -0.533. The molecule has 0 saturated heterocycles. The monoisotopic (exact) mass is 856 g/mol. The smallest absolute Gasteiger partial charge is 0.306 e. The van der Waals surface area contributed by atoms with Gasteiger partial charge in [-0.25, -0.2) is 0 Å². The molecule has 61 heavy (non-hydrogen) atoms. The van der Waals surface area contributed by atoms with Crippen LogP contribution in [0.15, 0.2) is 48.6 Å². The number of hydrogen-bond donors (Lipinski definition) is 3. The molecule has 6 nitrogen and oxygen atoms in total. The number of aliphatic hydroxyl groups is 2. The lowest BCUT2D eigenvalue weighted by atomic mass is 10.0. The van der Waals surface area contributed by atoms with E-state index in [0.717, 1.165) is 57.8 Å². The van der Waals surface area contributed by atoms with Gasteiger partial charge in [0.05, 0.1) is 25.2 Å². The first-order valence-corrected chi connectivity index (χ1v) is 26.4. The van der Waals surface area contributed by atoms with E-state index in [1.54, 1.807) is 0 Å². The summed E-state index contributed by atoms with van der Waals surface area (Å²) in [5.41, 5.74) is 0. The third kappa shape index (κ3) is 44.2. The van der Waals surface area contributed by atoms with Crippen LogP contribution in [0.5, 0.6) is 0 Å². The highest BCUT2D eigenvalue weighted by atomic mass is 16.5. The quantitative estimate of drug-likeness (QED) is 0.0322. The highest BCUT2D eigenvalue weighted by Gasteiger charge is 2.24. The van der Waals surface area contributed by atoms with E-state index < -0.39 is 18.2 Å². The van der Waals surface area contributed by atoms with Crippen molar-refractivity contribution in [1.82, 2.24) is 5.32 Å². The van der Waals surface area contributed by atoms with E-state index >= 15 is 0 Å². The number of aliphatic hydroxyl groups excluding tert-OH is 2. The predicted octanol–water partition coefficient (Wildman–Crippen LogP) is 15.8. The molecule has 0 aromatic rings. The summed E-state index contributed by atoms with van der Waals surface area (Å²) >= 11 is 0. The molecular formula is C55H101NO5. The molecule has 0 saturated carbocycles. The lowest BCUT2D eigenvalue weighted by Gasteiger charge is -2.24. The molecule has 0 aliphatic heterocycles. The van der Waals surface area contributed by atoms with Crippen LogP contribution in [0.1, 0.15) is 265 Å². The van der Waals surface area contributed by atoms with Crippen molar-refractivity contribution in [2.75, 3.05) is 6.61 Å². The van der Waals surface area contributed by atoms with Crippen molar-refractivity contribution in [3.63, 3.8) is 0 Å². The maximum Gasteiger partial charge on any atom is 0.306 e. The summed E-state index contributed by atoms with van der Waals surface area (Å²) in [6, 6.07) is -0.720. The zero-order valence-electron chi connectivity index (χ0n) is 40.5. The van der Waals surface area contributed by atoms with E-state index in [2.05, 4.69) is 38.2 Å². The van der Waals surface area contributed by atoms with E-state index in [-0.39, 0.29) is 24.9 Å². The highest BCUT2D eigenvalue weighted by Crippen LogP contribution is 2.18. The van der Waals surface area contributed by atoms with Crippen LogP contribution < -0.4 is 5.32 Å². The third-order valence-electron chi connectivity index (χ3n) is 12.0. The normalized spacial score (nSPS) is 13.6. The second-order valence-electron chi connectivity index (χ2n) is 18.0. The van der Waals surface area contributed by atoms with Gasteiger partial charge in [0.25, 0.3) is 0 Å². The second kappa shape index (κ2) is 48.8. The molecule has 0 aromatic carbocycles. The molecule has 0 aliphatic carbocycles. The van der Waals surface area contributed by atoms with Gasteiger partial charge in [0, 0.05) is 6.42 Å². The highest BCUT2D eigenvalue weighted by molar-refractivity contribution is 5.77. The molecular weight excluding hydrogens is 755 g/mol. The van der Waals surface area contributed by atoms with Crippen LogP contribution in [0.2, 0.25) is 0 Å². The largest absolute Gasteiger partial charge is 0.462 e. The molecule has 0 aliphatic rings. The minimum absolute atomic E-state index is 0.0343. The van der Waals surface area contributed by atoms with Crippen molar-refractivity contribution >= 4 is 11.9 Å². The molecule has 356 valence electrons. The minimum atomic E-state index is -0.803. The molecule has 0 fully saturated rings. The van der Waals surface area contributed by atoms with Crippen molar-refractivity contribution in [1.29, 1.82) is 0 Å². The fourth-order valence-electron chi connectivity index (χ4n) is 8.04. The first kappa shape index (κ1) is 58.8. The molecule has 0 radical (unpaired) electrons. The molecule has 1 amide bonds. The van der Waals surface area contributed by atoms with Crippen molar-refractivity contribution in [2.45, 2.75) is 283 Å². The number of ether oxygens (including phenoxy) is 1. The van der Waals surface area contributed by atoms with Crippen LogP contribution in [-0.2, 0) is 14.3 Å². The molecule has 0 rings (SSSR count). The number of rotatable bonds is 47. The Kier molecular flexibility index (Phi) is 47.1. The Morgan fingerprint density at radius 3 is 1.31 bits per heavy atom. The minimum Gasteiger partial charge on any atom is -0.462 e. The van der Waals surface area contributed by atoms with Gasteiger partial charge in [-0.15, -0.1) is 0 Å². The van der Waals surface area contributed by atoms with Gasteiger partial charge in [-0.2, -0.15) is 0 Å². The Bertz CT molecular complexity index is 1050. The summed E-state index contributed by atoms with van der Waals surface area (Å²) in [6.07, 6.45) is 59.0. The van der Waals surface area contributed by atoms with Crippen LogP contribution in [-0.4, -0.2) is 46.9 Å². The predicted molar refractivity (Wildman–Crippen MR) is 264 cm³/mol. The van der Waals surface area contributed by atoms with Crippen LogP contribution in [0, 0.1) is 0 Å². The van der Waals surface area contributed by atoms with Gasteiger partial charge in [0.1, 0.15) is 6.10 Å². The molecule has 0 aromatic heterocycles. The number of unbranched alkanes of at least 4 members (excludes halogenated alkanes) is 30. The molecule has 3 unspecified atom stereocenters. The number of nitrogens with one attached hydrogen (secondary N) is 1. The number of esters is 1. The van der Waals surface area contributed by atoms with E-state index in [9.17, 15) is 19.8 Å². The van der Waals surface area contributed by atoms with Crippen molar-refractivity contribution < 1.29 is 24.5 Å². The van der Waals surface area contributed by atoms with Crippen molar-refractivity contribution in [3.05, 3.63) is 48.6 Å². The molecule has 0 spiro atoms. The first-order chi connectivity index (χ1) is 30.0. The molecule has 6 heteroatoms. The average Bonchev–Trinajstić information content (AvgIpc) is 3.25. The molecule has 3 atom stereocenters. The molecule has 3 N–H and O–H groups in total. The Morgan fingerprint density at radius 2 is 0.885 bits per heavy atom. The molecule has 0 heterocycles. The standard InChI is InChI=1S/C55H101NO5/c1-4-7-10-13-16-19-22-24-26-27-28-30-33-36-39-42-45-48-55(60)61-51(46-43-40-37-34-31-21-18-15-12-9-6-3)49-54(59)56-52(50-57)53(58)47-44-41-38-35-32-29-25-23-20-17-14-11-8-5-2/h9,12,15,18,21,31,34,37,51-53,57-58H,4-8,10-11,13-14,16-17,19-20,22-30,32-33,35-36,38-50H2,1-3H3,(H,56,59)/b12-9+,18-15+,31-21-,37-34-. The Balaban J connectivity index is 4.53. The first-order valence-electron chi connectivity index (χ1n) is 26.4. The van der Waals surface area contributed by atoms with Gasteiger partial charge in [-0.3, -0.25) is 9.59 Å². The third-order valence-corrected chi connectivity index (χ3v) is 12.0. The van der Waals surface area contributed by atoms with E-state index in [4.69, 9.17) is 4.74 Å². The van der Waals surface area contributed by atoms with E-state index in [1.165, 1.54) is 161 Å². The Hall–Kier alpha value is -2.18. The number of hydrogen-bond acceptors (Lipinski definition) is 5. The van der Waals surface area contributed by atoms with Gasteiger partial charge in [0.15, 0.2) is 0 Å². The molecule has 0 bridgehead atoms. The van der Waals surface area contributed by atoms with Gasteiger partial charge in [0.2, 0.25) is 5.91 Å². The van der Waals surface area contributed by atoms with Gasteiger partial charge < -0.3 is 20.3 Å². The van der Waals surface area contributed by atoms with Gasteiger partial charge in [-0.05, 0) is 38.5 Å². The zero-order valence-corrected chi connectivity index (χ0v) is 40.5. The summed E-state index contributed by atoms with van der Waals surface area (Å²) in [5, 5.41) is 23.7. The van der Waals surface area contributed by atoms with Crippen LogP contribution in [0.25, 0.3) is 0 Å². The maximum atomic E-state index is 13.2.